The summed E-state index contributed by atoms with van der Waals surface area (Å²) in [6.45, 7) is 1.81. The van der Waals surface area contributed by atoms with Gasteiger partial charge in [0.15, 0.2) is 11.6 Å². The second-order valence-electron chi connectivity index (χ2n) is 8.21. The summed E-state index contributed by atoms with van der Waals surface area (Å²) in [6, 6.07) is 19.8. The van der Waals surface area contributed by atoms with E-state index in [4.69, 9.17) is 24.9 Å². The van der Waals surface area contributed by atoms with Crippen LogP contribution in [-0.4, -0.2) is 25.1 Å². The second kappa shape index (κ2) is 9.76. The second-order valence-corrected chi connectivity index (χ2v) is 10.2. The van der Waals surface area contributed by atoms with Crippen molar-refractivity contribution in [2.24, 2.45) is 0 Å². The number of ether oxygens (including phenoxy) is 1. The Labute approximate surface area is 217 Å². The van der Waals surface area contributed by atoms with Crippen molar-refractivity contribution in [1.29, 1.82) is 0 Å². The zero-order valence-electron chi connectivity index (χ0n) is 19.8. The highest BCUT2D eigenvalue weighted by Gasteiger charge is 2.27. The van der Waals surface area contributed by atoms with Gasteiger partial charge in [0.05, 0.1) is 19.2 Å². The third-order valence-electron chi connectivity index (χ3n) is 5.78. The highest BCUT2D eigenvalue weighted by molar-refractivity contribution is 7.87. The Balaban J connectivity index is 1.78. The van der Waals surface area contributed by atoms with E-state index in [0.717, 1.165) is 5.56 Å². The summed E-state index contributed by atoms with van der Waals surface area (Å²) in [6.07, 6.45) is 1.29. The van der Waals surface area contributed by atoms with Crippen LogP contribution in [0.4, 0.5) is 0 Å². The lowest BCUT2D eigenvalue weighted by Crippen LogP contribution is -2.25. The third-order valence-corrected chi connectivity index (χ3v) is 7.25. The van der Waals surface area contributed by atoms with Gasteiger partial charge < -0.3 is 17.9 Å². The molecule has 0 saturated heterocycles. The molecule has 0 amide bonds. The van der Waals surface area contributed by atoms with E-state index < -0.39 is 15.7 Å². The maximum Gasteiger partial charge on any atom is 0.339 e. The van der Waals surface area contributed by atoms with Crippen LogP contribution in [0.5, 0.6) is 11.5 Å². The predicted molar refractivity (Wildman–Crippen MR) is 140 cm³/mol. The van der Waals surface area contributed by atoms with E-state index >= 15 is 0 Å². The fourth-order valence-electron chi connectivity index (χ4n) is 4.01. The monoisotopic (exact) mass is 536 g/mol. The van der Waals surface area contributed by atoms with Gasteiger partial charge in [0, 0.05) is 17.3 Å². The number of hydrogen-bond acceptors (Lipinski definition) is 7. The number of aromatic nitrogens is 2. The van der Waals surface area contributed by atoms with Gasteiger partial charge >= 0.3 is 10.1 Å². The minimum Gasteiger partial charge on any atom is -0.497 e. The first-order chi connectivity index (χ1) is 17.8. The van der Waals surface area contributed by atoms with Crippen LogP contribution in [0.2, 0.25) is 5.02 Å². The average molecular weight is 537 g/mol. The van der Waals surface area contributed by atoms with E-state index in [-0.39, 0.29) is 28.4 Å². The Kier molecular flexibility index (Phi) is 6.49. The summed E-state index contributed by atoms with van der Waals surface area (Å²) in [5, 5.41) is 0.669. The third kappa shape index (κ3) is 4.83. The standard InChI is InChI=1S/C27H21ClN2O6S/c1-17-29-23(16-35-17)25-26(36-37(32,33)21-6-4-3-5-7-21)22-14-19(28)10-13-24(22)30(27(25)31)15-18-8-11-20(34-2)12-9-18/h3-14,16H,15H2,1-2H3. The molecule has 0 atom stereocenters. The molecule has 0 radical (unpaired) electrons. The van der Waals surface area contributed by atoms with E-state index in [0.29, 0.717) is 27.6 Å². The molecule has 0 aliphatic carbocycles. The predicted octanol–water partition coefficient (Wildman–Crippen LogP) is 5.44. The number of aryl methyl sites for hydroxylation is 1. The first-order valence-corrected chi connectivity index (χ1v) is 13.0. The van der Waals surface area contributed by atoms with Crippen molar-refractivity contribution >= 4 is 32.6 Å². The zero-order chi connectivity index (χ0) is 26.2. The topological polar surface area (TPSA) is 101 Å². The SMILES string of the molecule is COc1ccc(Cn2c(=O)c(-c3coc(C)n3)c(OS(=O)(=O)c3ccccc3)c3cc(Cl)ccc32)cc1. The maximum atomic E-state index is 14.0. The molecule has 0 fully saturated rings. The van der Waals surface area contributed by atoms with Crippen LogP contribution in [0.3, 0.4) is 0 Å². The van der Waals surface area contributed by atoms with Gasteiger partial charge in [0.1, 0.15) is 28.2 Å². The van der Waals surface area contributed by atoms with Crippen molar-refractivity contribution < 1.29 is 21.8 Å². The lowest BCUT2D eigenvalue weighted by molar-refractivity contribution is 0.414. The van der Waals surface area contributed by atoms with Crippen molar-refractivity contribution in [2.45, 2.75) is 18.4 Å². The van der Waals surface area contributed by atoms with E-state index in [9.17, 15) is 13.2 Å². The molecule has 0 aliphatic heterocycles. The first-order valence-electron chi connectivity index (χ1n) is 11.2. The highest BCUT2D eigenvalue weighted by Crippen LogP contribution is 2.37. The number of nitrogens with zero attached hydrogens (tertiary/aromatic N) is 2. The zero-order valence-corrected chi connectivity index (χ0v) is 21.4. The molecule has 2 heterocycles. The number of rotatable bonds is 7. The molecule has 0 bridgehead atoms. The molecule has 188 valence electrons. The van der Waals surface area contributed by atoms with Gasteiger partial charge in [0.25, 0.3) is 5.56 Å². The van der Waals surface area contributed by atoms with Crippen molar-refractivity contribution in [3.8, 4) is 22.8 Å². The van der Waals surface area contributed by atoms with Crippen LogP contribution >= 0.6 is 11.6 Å². The van der Waals surface area contributed by atoms with Crippen molar-refractivity contribution in [3.05, 3.63) is 106 Å². The van der Waals surface area contributed by atoms with Crippen LogP contribution in [0.25, 0.3) is 22.2 Å². The average Bonchev–Trinajstić information content (AvgIpc) is 3.33. The minimum atomic E-state index is -4.30. The lowest BCUT2D eigenvalue weighted by Gasteiger charge is -2.18. The fraction of sp³-hybridized carbons (Fsp3) is 0.111. The van der Waals surface area contributed by atoms with Gasteiger partial charge in [-0.05, 0) is 48.0 Å². The molecule has 0 aliphatic rings. The molecule has 5 rings (SSSR count). The van der Waals surface area contributed by atoms with Gasteiger partial charge in [-0.1, -0.05) is 41.9 Å². The Hall–Kier alpha value is -4.08. The van der Waals surface area contributed by atoms with Crippen LogP contribution in [-0.2, 0) is 16.7 Å². The molecule has 8 nitrogen and oxygen atoms in total. The molecule has 0 spiro atoms. The summed E-state index contributed by atoms with van der Waals surface area (Å²) < 4.78 is 44.3. The van der Waals surface area contributed by atoms with Crippen molar-refractivity contribution in [1.82, 2.24) is 9.55 Å². The maximum absolute atomic E-state index is 14.0. The number of hydrogen-bond donors (Lipinski definition) is 0. The van der Waals surface area contributed by atoms with Gasteiger partial charge in [-0.3, -0.25) is 4.79 Å². The number of fused-ring (bicyclic) bond motifs is 1. The molecule has 10 heteroatoms. The fourth-order valence-corrected chi connectivity index (χ4v) is 5.16. The minimum absolute atomic E-state index is 0.0559. The molecule has 37 heavy (non-hydrogen) atoms. The molecular weight excluding hydrogens is 516 g/mol. The first kappa shape index (κ1) is 24.6. The Morgan fingerprint density at radius 1 is 1.03 bits per heavy atom. The number of pyridine rings is 1. The quantitative estimate of drug-likeness (QED) is 0.255. The summed E-state index contributed by atoms with van der Waals surface area (Å²) >= 11 is 6.33. The van der Waals surface area contributed by atoms with Crippen LogP contribution in [0.15, 0.2) is 93.2 Å². The largest absolute Gasteiger partial charge is 0.497 e. The van der Waals surface area contributed by atoms with E-state index in [1.54, 1.807) is 62.6 Å². The molecule has 0 saturated carbocycles. The number of halogens is 1. The number of oxazole rings is 1. The van der Waals surface area contributed by atoms with Crippen LogP contribution in [0.1, 0.15) is 11.5 Å². The molecule has 0 unspecified atom stereocenters. The lowest BCUT2D eigenvalue weighted by atomic mass is 10.1. The van der Waals surface area contributed by atoms with Crippen molar-refractivity contribution in [3.63, 3.8) is 0 Å². The number of methoxy groups -OCH3 is 1. The summed E-state index contributed by atoms with van der Waals surface area (Å²) in [5.41, 5.74) is 0.849. The molecule has 0 N–H and O–H groups in total. The van der Waals surface area contributed by atoms with Crippen molar-refractivity contribution in [2.75, 3.05) is 7.11 Å². The van der Waals surface area contributed by atoms with Gasteiger partial charge in [-0.25, -0.2) is 4.98 Å². The van der Waals surface area contributed by atoms with Gasteiger partial charge in [-0.2, -0.15) is 8.42 Å². The molecular formula is C27H21ClN2O6S. The molecule has 3 aromatic carbocycles. The summed E-state index contributed by atoms with van der Waals surface area (Å²) in [7, 11) is -2.73. The normalized spacial score (nSPS) is 11.5. The summed E-state index contributed by atoms with van der Waals surface area (Å²) in [4.78, 5) is 18.2. The number of benzene rings is 3. The Morgan fingerprint density at radius 2 is 1.76 bits per heavy atom. The Bertz CT molecular complexity index is 1760. The van der Waals surface area contributed by atoms with E-state index in [1.165, 1.54) is 23.0 Å². The van der Waals surface area contributed by atoms with E-state index in [1.807, 2.05) is 12.1 Å². The molecule has 5 aromatic rings. The Morgan fingerprint density at radius 3 is 2.41 bits per heavy atom. The smallest absolute Gasteiger partial charge is 0.339 e. The molecule has 2 aromatic heterocycles. The van der Waals surface area contributed by atoms with Gasteiger partial charge in [-0.15, -0.1) is 0 Å². The van der Waals surface area contributed by atoms with Crippen LogP contribution in [0, 0.1) is 6.92 Å². The summed E-state index contributed by atoms with van der Waals surface area (Å²) in [5.74, 6) is 0.811. The van der Waals surface area contributed by atoms with E-state index in [2.05, 4.69) is 4.98 Å². The van der Waals surface area contributed by atoms with Gasteiger partial charge in [0.2, 0.25) is 0 Å². The van der Waals surface area contributed by atoms with Crippen LogP contribution < -0.4 is 14.5 Å². The highest BCUT2D eigenvalue weighted by atomic mass is 35.5.